The first kappa shape index (κ1) is 9.62. The minimum Gasteiger partial charge on any atom is -0.328 e. The molecule has 50 valence electrons. The van der Waals surface area contributed by atoms with Crippen molar-refractivity contribution in [1.29, 1.82) is 0 Å². The Morgan fingerprint density at radius 1 is 1.11 bits per heavy atom. The summed E-state index contributed by atoms with van der Waals surface area (Å²) in [6, 6.07) is 0. The monoisotopic (exact) mass is 175 g/mol. The molecule has 1 rings (SSSR count). The Morgan fingerprint density at radius 2 is 1.67 bits per heavy atom. The van der Waals surface area contributed by atoms with E-state index >= 15 is 0 Å². The summed E-state index contributed by atoms with van der Waals surface area (Å²) in [5.41, 5.74) is 0. The van der Waals surface area contributed by atoms with Crippen LogP contribution in [-0.2, 0) is 19.5 Å². The average Bonchev–Trinajstić information content (AvgIpc) is 1.90. The fourth-order valence-electron chi connectivity index (χ4n) is 1.47. The Kier molecular flexibility index (Phi) is 5.79. The maximum Gasteiger partial charge on any atom is 0 e. The molecule has 1 fully saturated rings. The van der Waals surface area contributed by atoms with Crippen LogP contribution >= 0.6 is 0 Å². The van der Waals surface area contributed by atoms with Crippen molar-refractivity contribution in [2.45, 2.75) is 39.0 Å². The molecule has 9 heavy (non-hydrogen) atoms. The van der Waals surface area contributed by atoms with E-state index in [1.807, 2.05) is 0 Å². The first-order valence-electron chi connectivity index (χ1n) is 3.73. The summed E-state index contributed by atoms with van der Waals surface area (Å²) in [5, 5.41) is 0. The van der Waals surface area contributed by atoms with E-state index in [1.54, 1.807) is 0 Å². The minimum atomic E-state index is 0. The van der Waals surface area contributed by atoms with Crippen molar-refractivity contribution in [2.75, 3.05) is 0 Å². The molecule has 1 saturated carbocycles. The molecule has 1 aliphatic carbocycles. The molecule has 0 radical (unpaired) electrons. The molecule has 0 heterocycles. The molecular formula is C8H15Zn-. The third-order valence-corrected chi connectivity index (χ3v) is 2.12. The van der Waals surface area contributed by atoms with E-state index in [0.29, 0.717) is 0 Å². The number of rotatable bonds is 1. The molecule has 0 aliphatic heterocycles. The quantitative estimate of drug-likeness (QED) is 0.426. The van der Waals surface area contributed by atoms with Gasteiger partial charge in [-0.1, -0.05) is 32.1 Å². The zero-order valence-corrected chi connectivity index (χ0v) is 9.36. The summed E-state index contributed by atoms with van der Waals surface area (Å²) in [7, 11) is 0. The molecule has 0 spiro atoms. The van der Waals surface area contributed by atoms with Gasteiger partial charge in [-0.15, -0.1) is 0 Å². The number of hydrogen-bond donors (Lipinski definition) is 0. The Bertz CT molecular complexity index is 55.6. The average molecular weight is 177 g/mol. The van der Waals surface area contributed by atoms with E-state index in [1.165, 1.54) is 32.1 Å². The molecular weight excluding hydrogens is 161 g/mol. The summed E-state index contributed by atoms with van der Waals surface area (Å²) in [6.07, 6.45) is 9.68. The van der Waals surface area contributed by atoms with Crippen molar-refractivity contribution in [3.63, 3.8) is 0 Å². The van der Waals surface area contributed by atoms with Gasteiger partial charge >= 0.3 is 0 Å². The second-order valence-electron chi connectivity index (χ2n) is 2.73. The van der Waals surface area contributed by atoms with Crippen LogP contribution in [0, 0.1) is 12.3 Å². The van der Waals surface area contributed by atoms with Gasteiger partial charge in [0, 0.05) is 19.5 Å². The van der Waals surface area contributed by atoms with E-state index < -0.39 is 0 Å². The topological polar surface area (TPSA) is 0 Å². The van der Waals surface area contributed by atoms with E-state index in [9.17, 15) is 0 Å². The van der Waals surface area contributed by atoms with Crippen LogP contribution in [0.3, 0.4) is 0 Å². The second kappa shape index (κ2) is 5.41. The van der Waals surface area contributed by atoms with Crippen LogP contribution in [0.2, 0.25) is 0 Å². The Morgan fingerprint density at radius 3 is 2.00 bits per heavy atom. The van der Waals surface area contributed by atoms with Gasteiger partial charge in [-0.3, -0.25) is 0 Å². The fourth-order valence-corrected chi connectivity index (χ4v) is 1.47. The largest absolute Gasteiger partial charge is 0.328 e. The molecule has 1 heteroatoms. The molecule has 0 nitrogen and oxygen atoms in total. The molecule has 0 amide bonds. The SMILES string of the molecule is C[CH-]C1CCCCC1.[Zn]. The predicted molar refractivity (Wildman–Crippen MR) is 36.5 cm³/mol. The summed E-state index contributed by atoms with van der Waals surface area (Å²) < 4.78 is 0. The van der Waals surface area contributed by atoms with Crippen LogP contribution in [0.5, 0.6) is 0 Å². The van der Waals surface area contributed by atoms with Crippen molar-refractivity contribution < 1.29 is 19.5 Å². The summed E-state index contributed by atoms with van der Waals surface area (Å²) in [6.45, 7) is 2.19. The van der Waals surface area contributed by atoms with Gasteiger partial charge in [-0.2, -0.15) is 12.8 Å². The smallest absolute Gasteiger partial charge is 0 e. The normalized spacial score (nSPS) is 21.0. The molecule has 1 aliphatic rings. The molecule has 0 saturated heterocycles. The second-order valence-corrected chi connectivity index (χ2v) is 2.73. The van der Waals surface area contributed by atoms with Crippen LogP contribution in [0.15, 0.2) is 0 Å². The Balaban J connectivity index is 0.000000640. The van der Waals surface area contributed by atoms with Crippen molar-refractivity contribution in [3.8, 4) is 0 Å². The van der Waals surface area contributed by atoms with Gasteiger partial charge in [-0.05, 0) is 0 Å². The molecule has 0 aromatic carbocycles. The van der Waals surface area contributed by atoms with Gasteiger partial charge in [0.05, 0.1) is 0 Å². The van der Waals surface area contributed by atoms with Crippen LogP contribution in [-0.4, -0.2) is 0 Å². The maximum absolute atomic E-state index is 2.36. The van der Waals surface area contributed by atoms with Crippen molar-refractivity contribution in [1.82, 2.24) is 0 Å². The molecule has 0 aromatic heterocycles. The van der Waals surface area contributed by atoms with Gasteiger partial charge in [0.2, 0.25) is 0 Å². The van der Waals surface area contributed by atoms with Crippen molar-refractivity contribution in [2.24, 2.45) is 5.92 Å². The van der Waals surface area contributed by atoms with Crippen molar-refractivity contribution >= 4 is 0 Å². The predicted octanol–water partition coefficient (Wildman–Crippen LogP) is 2.79. The zero-order chi connectivity index (χ0) is 5.82. The van der Waals surface area contributed by atoms with Crippen LogP contribution in [0.25, 0.3) is 0 Å². The van der Waals surface area contributed by atoms with Crippen LogP contribution in [0.1, 0.15) is 39.0 Å². The molecule has 0 N–H and O–H groups in total. The van der Waals surface area contributed by atoms with E-state index in [-0.39, 0.29) is 19.5 Å². The summed E-state index contributed by atoms with van der Waals surface area (Å²) >= 11 is 0. The van der Waals surface area contributed by atoms with E-state index in [2.05, 4.69) is 13.3 Å². The Labute approximate surface area is 71.2 Å². The molecule has 0 bridgehead atoms. The third kappa shape index (κ3) is 3.35. The van der Waals surface area contributed by atoms with Crippen LogP contribution < -0.4 is 0 Å². The van der Waals surface area contributed by atoms with Crippen molar-refractivity contribution in [3.05, 3.63) is 6.42 Å². The fraction of sp³-hybridized carbons (Fsp3) is 0.875. The summed E-state index contributed by atoms with van der Waals surface area (Å²) in [5.74, 6) is 0.962. The first-order chi connectivity index (χ1) is 3.93. The first-order valence-corrected chi connectivity index (χ1v) is 3.73. The zero-order valence-electron chi connectivity index (χ0n) is 6.40. The van der Waals surface area contributed by atoms with E-state index in [4.69, 9.17) is 0 Å². The van der Waals surface area contributed by atoms with Gasteiger partial charge in [0.25, 0.3) is 0 Å². The van der Waals surface area contributed by atoms with E-state index in [0.717, 1.165) is 5.92 Å². The Hall–Kier alpha value is 0.623. The maximum atomic E-state index is 2.36. The standard InChI is InChI=1S/C8H15.Zn/c1-2-8-6-4-3-5-7-8;/h2,8H,3-7H2,1H3;/q-1;. The molecule has 0 aromatic rings. The van der Waals surface area contributed by atoms with Gasteiger partial charge in [-0.25, -0.2) is 0 Å². The van der Waals surface area contributed by atoms with Gasteiger partial charge in [0.15, 0.2) is 0 Å². The molecule has 0 unspecified atom stereocenters. The molecule has 0 atom stereocenters. The van der Waals surface area contributed by atoms with Gasteiger partial charge < -0.3 is 6.42 Å². The van der Waals surface area contributed by atoms with Crippen LogP contribution in [0.4, 0.5) is 0 Å². The minimum absolute atomic E-state index is 0. The van der Waals surface area contributed by atoms with Gasteiger partial charge in [0.1, 0.15) is 0 Å². The number of hydrogen-bond acceptors (Lipinski definition) is 0. The third-order valence-electron chi connectivity index (χ3n) is 2.12. The summed E-state index contributed by atoms with van der Waals surface area (Å²) in [4.78, 5) is 0.